The van der Waals surface area contributed by atoms with E-state index in [1.165, 1.54) is 11.1 Å². The molecule has 0 aliphatic heterocycles. The molecule has 1 heterocycles. The number of nitrogens with zero attached hydrogens (tertiary/aromatic N) is 2. The van der Waals surface area contributed by atoms with Crippen LogP contribution in [0, 0.1) is 0 Å². The van der Waals surface area contributed by atoms with Crippen LogP contribution in [0.1, 0.15) is 11.1 Å². The SMILES string of the molecule is Nc1cn(Cc2ccccc2)nc1NCc1ccccc1. The number of benzene rings is 2. The van der Waals surface area contributed by atoms with Gasteiger partial charge in [-0.1, -0.05) is 60.7 Å². The predicted octanol–water partition coefficient (Wildman–Crippen LogP) is 3.13. The van der Waals surface area contributed by atoms with E-state index in [-0.39, 0.29) is 0 Å². The Kier molecular flexibility index (Phi) is 3.87. The first kappa shape index (κ1) is 13.2. The molecule has 2 aromatic carbocycles. The average molecular weight is 278 g/mol. The smallest absolute Gasteiger partial charge is 0.171 e. The number of nitrogens with one attached hydrogen (secondary N) is 1. The van der Waals surface area contributed by atoms with Gasteiger partial charge in [0.1, 0.15) is 0 Å². The molecule has 3 N–H and O–H groups in total. The quantitative estimate of drug-likeness (QED) is 0.754. The lowest BCUT2D eigenvalue weighted by atomic mass is 10.2. The molecule has 0 fully saturated rings. The third-order valence-electron chi connectivity index (χ3n) is 3.28. The number of rotatable bonds is 5. The number of nitrogen functional groups attached to an aromatic ring is 1. The Morgan fingerprint density at radius 3 is 2.19 bits per heavy atom. The molecule has 1 aromatic heterocycles. The van der Waals surface area contributed by atoms with Crippen LogP contribution in [0.4, 0.5) is 11.5 Å². The first-order chi connectivity index (χ1) is 10.3. The molecule has 0 bridgehead atoms. The largest absolute Gasteiger partial charge is 0.394 e. The van der Waals surface area contributed by atoms with Gasteiger partial charge in [0.15, 0.2) is 5.82 Å². The summed E-state index contributed by atoms with van der Waals surface area (Å²) >= 11 is 0. The second kappa shape index (κ2) is 6.13. The van der Waals surface area contributed by atoms with Crippen LogP contribution < -0.4 is 11.1 Å². The molecular formula is C17H18N4. The van der Waals surface area contributed by atoms with Crippen LogP contribution >= 0.6 is 0 Å². The van der Waals surface area contributed by atoms with Crippen LogP contribution in [0.2, 0.25) is 0 Å². The number of anilines is 2. The topological polar surface area (TPSA) is 55.9 Å². The summed E-state index contributed by atoms with van der Waals surface area (Å²) in [7, 11) is 0. The molecule has 4 heteroatoms. The Bertz CT molecular complexity index is 689. The number of hydrogen-bond donors (Lipinski definition) is 2. The van der Waals surface area contributed by atoms with Crippen LogP contribution in [0.3, 0.4) is 0 Å². The Balaban J connectivity index is 1.67. The minimum atomic E-state index is 0.668. The van der Waals surface area contributed by atoms with E-state index in [0.29, 0.717) is 12.2 Å². The Labute approximate surface area is 124 Å². The van der Waals surface area contributed by atoms with Crippen LogP contribution in [0.25, 0.3) is 0 Å². The third-order valence-corrected chi connectivity index (χ3v) is 3.28. The van der Waals surface area contributed by atoms with Gasteiger partial charge < -0.3 is 11.1 Å². The van der Waals surface area contributed by atoms with Crippen molar-refractivity contribution in [1.82, 2.24) is 9.78 Å². The maximum Gasteiger partial charge on any atom is 0.171 e. The molecule has 0 aliphatic carbocycles. The van der Waals surface area contributed by atoms with Crippen LogP contribution in [-0.2, 0) is 13.1 Å². The Hall–Kier alpha value is -2.75. The van der Waals surface area contributed by atoms with Crippen molar-refractivity contribution in [2.45, 2.75) is 13.1 Å². The highest BCUT2D eigenvalue weighted by Crippen LogP contribution is 2.17. The summed E-state index contributed by atoms with van der Waals surface area (Å²) < 4.78 is 1.86. The van der Waals surface area contributed by atoms with Crippen molar-refractivity contribution in [1.29, 1.82) is 0 Å². The predicted molar refractivity (Wildman–Crippen MR) is 86.0 cm³/mol. The number of hydrogen-bond acceptors (Lipinski definition) is 3. The molecule has 0 atom stereocenters. The molecule has 4 nitrogen and oxygen atoms in total. The van der Waals surface area contributed by atoms with E-state index in [1.807, 2.05) is 47.3 Å². The van der Waals surface area contributed by atoms with Crippen LogP contribution in [0.15, 0.2) is 66.9 Å². The summed E-state index contributed by atoms with van der Waals surface area (Å²) in [5.74, 6) is 0.731. The van der Waals surface area contributed by atoms with Crippen molar-refractivity contribution in [3.63, 3.8) is 0 Å². The summed E-state index contributed by atoms with van der Waals surface area (Å²) in [5, 5.41) is 7.78. The van der Waals surface area contributed by atoms with Crippen LogP contribution in [0.5, 0.6) is 0 Å². The van der Waals surface area contributed by atoms with Gasteiger partial charge in [0, 0.05) is 6.54 Å². The highest BCUT2D eigenvalue weighted by molar-refractivity contribution is 5.60. The molecule has 0 saturated carbocycles. The summed E-state index contributed by atoms with van der Waals surface area (Å²) in [6.07, 6.45) is 1.86. The van der Waals surface area contributed by atoms with E-state index >= 15 is 0 Å². The van der Waals surface area contributed by atoms with E-state index in [0.717, 1.165) is 12.4 Å². The monoisotopic (exact) mass is 278 g/mol. The molecule has 0 amide bonds. The van der Waals surface area contributed by atoms with Crippen molar-refractivity contribution in [2.75, 3.05) is 11.1 Å². The fraction of sp³-hybridized carbons (Fsp3) is 0.118. The van der Waals surface area contributed by atoms with E-state index in [9.17, 15) is 0 Å². The van der Waals surface area contributed by atoms with E-state index < -0.39 is 0 Å². The molecule has 21 heavy (non-hydrogen) atoms. The van der Waals surface area contributed by atoms with Gasteiger partial charge >= 0.3 is 0 Å². The second-order valence-corrected chi connectivity index (χ2v) is 4.96. The number of nitrogens with two attached hydrogens (primary N) is 1. The van der Waals surface area contributed by atoms with Gasteiger partial charge in [-0.05, 0) is 11.1 Å². The molecule has 0 aliphatic rings. The fourth-order valence-electron chi connectivity index (χ4n) is 2.21. The van der Waals surface area contributed by atoms with Gasteiger partial charge in [0.25, 0.3) is 0 Å². The first-order valence-corrected chi connectivity index (χ1v) is 6.96. The van der Waals surface area contributed by atoms with Gasteiger partial charge in [-0.3, -0.25) is 4.68 Å². The lowest BCUT2D eigenvalue weighted by molar-refractivity contribution is 0.688. The third kappa shape index (κ3) is 3.42. The van der Waals surface area contributed by atoms with E-state index in [2.05, 4.69) is 34.7 Å². The molecule has 106 valence electrons. The van der Waals surface area contributed by atoms with Gasteiger partial charge in [-0.2, -0.15) is 5.10 Å². The summed E-state index contributed by atoms with van der Waals surface area (Å²) in [5.41, 5.74) is 9.09. The molecule has 0 unspecified atom stereocenters. The Morgan fingerprint density at radius 1 is 0.905 bits per heavy atom. The van der Waals surface area contributed by atoms with Gasteiger partial charge in [0.2, 0.25) is 0 Å². The lowest BCUT2D eigenvalue weighted by Gasteiger charge is -2.04. The van der Waals surface area contributed by atoms with E-state index in [1.54, 1.807) is 0 Å². The zero-order chi connectivity index (χ0) is 14.5. The van der Waals surface area contributed by atoms with Crippen molar-refractivity contribution in [2.24, 2.45) is 0 Å². The highest BCUT2D eigenvalue weighted by Gasteiger charge is 2.06. The second-order valence-electron chi connectivity index (χ2n) is 4.96. The van der Waals surface area contributed by atoms with Gasteiger partial charge in [-0.25, -0.2) is 0 Å². The standard InChI is InChI=1S/C17H18N4/c18-16-13-21(12-15-9-5-2-6-10-15)20-17(16)19-11-14-7-3-1-4-8-14/h1-10,13H,11-12,18H2,(H,19,20). The summed E-state index contributed by atoms with van der Waals surface area (Å²) in [6, 6.07) is 20.4. The first-order valence-electron chi connectivity index (χ1n) is 6.96. The minimum Gasteiger partial charge on any atom is -0.394 e. The van der Waals surface area contributed by atoms with Crippen molar-refractivity contribution >= 4 is 11.5 Å². The lowest BCUT2D eigenvalue weighted by Crippen LogP contribution is -2.04. The maximum absolute atomic E-state index is 6.01. The molecule has 0 spiro atoms. The van der Waals surface area contributed by atoms with E-state index in [4.69, 9.17) is 5.73 Å². The van der Waals surface area contributed by atoms with Crippen molar-refractivity contribution in [3.8, 4) is 0 Å². The van der Waals surface area contributed by atoms with Crippen LogP contribution in [-0.4, -0.2) is 9.78 Å². The molecule has 3 rings (SSSR count). The fourth-order valence-corrected chi connectivity index (χ4v) is 2.21. The Morgan fingerprint density at radius 2 is 1.52 bits per heavy atom. The molecule has 0 saturated heterocycles. The summed E-state index contributed by atoms with van der Waals surface area (Å²) in [4.78, 5) is 0. The highest BCUT2D eigenvalue weighted by atomic mass is 15.3. The zero-order valence-corrected chi connectivity index (χ0v) is 11.7. The molecule has 3 aromatic rings. The maximum atomic E-state index is 6.01. The summed E-state index contributed by atoms with van der Waals surface area (Å²) in [6.45, 7) is 1.44. The minimum absolute atomic E-state index is 0.668. The molecular weight excluding hydrogens is 260 g/mol. The number of aromatic nitrogens is 2. The van der Waals surface area contributed by atoms with Gasteiger partial charge in [0.05, 0.1) is 18.4 Å². The zero-order valence-electron chi connectivity index (χ0n) is 11.7. The average Bonchev–Trinajstić information content (AvgIpc) is 2.87. The van der Waals surface area contributed by atoms with Gasteiger partial charge in [-0.15, -0.1) is 0 Å². The normalized spacial score (nSPS) is 10.5. The molecule has 0 radical (unpaired) electrons. The van der Waals surface area contributed by atoms with Crippen molar-refractivity contribution in [3.05, 3.63) is 78.0 Å². The van der Waals surface area contributed by atoms with Crippen molar-refractivity contribution < 1.29 is 0 Å².